The van der Waals surface area contributed by atoms with Crippen molar-refractivity contribution in [2.45, 2.75) is 6.42 Å². The van der Waals surface area contributed by atoms with Gasteiger partial charge in [0, 0.05) is 0 Å². The molecule has 0 spiro atoms. The largest absolute Gasteiger partial charge is 0.373 e. The Balaban J connectivity index is 0.000000465. The lowest BCUT2D eigenvalue weighted by Gasteiger charge is -2.00. The quantitative estimate of drug-likeness (QED) is 0.825. The molecule has 0 saturated carbocycles. The van der Waals surface area contributed by atoms with E-state index in [0.29, 0.717) is 0 Å². The summed E-state index contributed by atoms with van der Waals surface area (Å²) >= 11 is 0. The molecule has 2 rings (SSSR count). The van der Waals surface area contributed by atoms with Crippen molar-refractivity contribution in [2.75, 3.05) is 0 Å². The smallest absolute Gasteiger partial charge is 0.186 e. The summed E-state index contributed by atoms with van der Waals surface area (Å²) in [5.74, 6) is 0. The molecular formula is C15H12O4. The zero-order valence-corrected chi connectivity index (χ0v) is 10.1. The summed E-state index contributed by atoms with van der Waals surface area (Å²) < 4.78 is 0. The fourth-order valence-corrected chi connectivity index (χ4v) is 1.43. The fraction of sp³-hybridized carbons (Fsp3) is 0.0667. The van der Waals surface area contributed by atoms with Crippen LogP contribution in [0.15, 0.2) is 60.7 Å². The van der Waals surface area contributed by atoms with Gasteiger partial charge in [-0.25, -0.2) is 0 Å². The van der Waals surface area contributed by atoms with Crippen molar-refractivity contribution in [3.8, 4) is 0 Å². The summed E-state index contributed by atoms with van der Waals surface area (Å²) in [6, 6.07) is 21.1. The maximum atomic E-state index is 8.12. The highest BCUT2D eigenvalue weighted by molar-refractivity contribution is 5.25. The minimum Gasteiger partial charge on any atom is -0.186 e. The third kappa shape index (κ3) is 8.95. The van der Waals surface area contributed by atoms with Crippen molar-refractivity contribution in [1.29, 1.82) is 0 Å². The molecule has 0 aliphatic carbocycles. The SMILES string of the molecule is O=C=O.O=C=O.c1ccc(Cc2ccccc2)cc1. The lowest BCUT2D eigenvalue weighted by atomic mass is 10.1. The molecule has 0 radical (unpaired) electrons. The van der Waals surface area contributed by atoms with Crippen LogP contribution in [0.3, 0.4) is 0 Å². The zero-order chi connectivity index (χ0) is 14.3. The minimum atomic E-state index is 0.250. The molecule has 0 amide bonds. The van der Waals surface area contributed by atoms with Gasteiger partial charge in [-0.2, -0.15) is 19.2 Å². The molecule has 96 valence electrons. The molecule has 2 aromatic rings. The number of benzene rings is 2. The Bertz CT molecular complexity index is 459. The van der Waals surface area contributed by atoms with Gasteiger partial charge in [-0.15, -0.1) is 0 Å². The van der Waals surface area contributed by atoms with Gasteiger partial charge in [0.25, 0.3) is 0 Å². The Morgan fingerprint density at radius 1 is 0.579 bits per heavy atom. The zero-order valence-electron chi connectivity index (χ0n) is 10.1. The van der Waals surface area contributed by atoms with E-state index in [1.165, 1.54) is 11.1 Å². The monoisotopic (exact) mass is 256 g/mol. The van der Waals surface area contributed by atoms with Crippen LogP contribution in [0, 0.1) is 0 Å². The van der Waals surface area contributed by atoms with Gasteiger partial charge < -0.3 is 0 Å². The lowest BCUT2D eigenvalue weighted by Crippen LogP contribution is -1.85. The highest BCUT2D eigenvalue weighted by atomic mass is 16.2. The topological polar surface area (TPSA) is 68.3 Å². The Labute approximate surface area is 110 Å². The fourth-order valence-electron chi connectivity index (χ4n) is 1.43. The summed E-state index contributed by atoms with van der Waals surface area (Å²) in [6.45, 7) is 0. The highest BCUT2D eigenvalue weighted by Crippen LogP contribution is 2.07. The van der Waals surface area contributed by atoms with Crippen molar-refractivity contribution in [3.63, 3.8) is 0 Å². The molecule has 0 bridgehead atoms. The first-order chi connectivity index (χ1) is 9.28. The van der Waals surface area contributed by atoms with E-state index in [0.717, 1.165) is 6.42 Å². The van der Waals surface area contributed by atoms with Crippen LogP contribution in [0.2, 0.25) is 0 Å². The van der Waals surface area contributed by atoms with Crippen LogP contribution in [-0.2, 0) is 25.6 Å². The molecule has 0 heterocycles. The number of hydrogen-bond acceptors (Lipinski definition) is 4. The van der Waals surface area contributed by atoms with E-state index in [4.69, 9.17) is 19.2 Å². The standard InChI is InChI=1S/C13H12.2CO2/c1-3-7-12(8-4-1)11-13-9-5-2-6-10-13;2*2-1-3/h1-10H,11H2;;. The molecule has 0 unspecified atom stereocenters. The average molecular weight is 256 g/mol. The van der Waals surface area contributed by atoms with Crippen LogP contribution in [0.1, 0.15) is 11.1 Å². The van der Waals surface area contributed by atoms with Crippen LogP contribution in [-0.4, -0.2) is 12.3 Å². The molecular weight excluding hydrogens is 244 g/mol. The van der Waals surface area contributed by atoms with Gasteiger partial charge in [-0.3, -0.25) is 0 Å². The third-order valence-corrected chi connectivity index (χ3v) is 2.09. The third-order valence-electron chi connectivity index (χ3n) is 2.09. The molecule has 4 heteroatoms. The molecule has 19 heavy (non-hydrogen) atoms. The molecule has 0 N–H and O–H groups in total. The van der Waals surface area contributed by atoms with Crippen LogP contribution >= 0.6 is 0 Å². The number of carbonyl (C=O) groups excluding carboxylic acids is 4. The molecule has 0 aromatic heterocycles. The van der Waals surface area contributed by atoms with E-state index in [1.54, 1.807) is 0 Å². The normalized spacial score (nSPS) is 7.58. The van der Waals surface area contributed by atoms with Crippen LogP contribution in [0.25, 0.3) is 0 Å². The second-order valence-electron chi connectivity index (χ2n) is 3.31. The van der Waals surface area contributed by atoms with Gasteiger partial charge in [0.2, 0.25) is 0 Å². The van der Waals surface area contributed by atoms with Crippen molar-refractivity contribution in [2.24, 2.45) is 0 Å². The summed E-state index contributed by atoms with van der Waals surface area (Å²) in [4.78, 5) is 32.5. The number of rotatable bonds is 2. The highest BCUT2D eigenvalue weighted by Gasteiger charge is 1.92. The molecule has 0 fully saturated rings. The van der Waals surface area contributed by atoms with E-state index in [9.17, 15) is 0 Å². The molecule has 0 atom stereocenters. The second kappa shape index (κ2) is 11.7. The minimum absolute atomic E-state index is 0.250. The van der Waals surface area contributed by atoms with Gasteiger partial charge in [0.15, 0.2) is 0 Å². The van der Waals surface area contributed by atoms with Crippen molar-refractivity contribution in [3.05, 3.63) is 71.8 Å². The summed E-state index contributed by atoms with van der Waals surface area (Å²) in [7, 11) is 0. The maximum Gasteiger partial charge on any atom is 0.373 e. The summed E-state index contributed by atoms with van der Waals surface area (Å²) in [5.41, 5.74) is 2.74. The lowest BCUT2D eigenvalue weighted by molar-refractivity contribution is -0.193. The first-order valence-corrected chi connectivity index (χ1v) is 5.34. The predicted molar refractivity (Wildman–Crippen MR) is 65.7 cm³/mol. The molecule has 4 nitrogen and oxygen atoms in total. The molecule has 2 aromatic carbocycles. The van der Waals surface area contributed by atoms with Crippen LogP contribution < -0.4 is 0 Å². The van der Waals surface area contributed by atoms with Crippen molar-refractivity contribution in [1.82, 2.24) is 0 Å². The van der Waals surface area contributed by atoms with E-state index < -0.39 is 0 Å². The molecule has 0 saturated heterocycles. The molecule has 0 aliphatic rings. The van der Waals surface area contributed by atoms with Crippen molar-refractivity contribution < 1.29 is 19.2 Å². The first-order valence-electron chi connectivity index (χ1n) is 5.34. The second-order valence-corrected chi connectivity index (χ2v) is 3.31. The summed E-state index contributed by atoms with van der Waals surface area (Å²) in [6.07, 6.45) is 1.53. The van der Waals surface area contributed by atoms with Gasteiger partial charge >= 0.3 is 12.3 Å². The average Bonchev–Trinajstić information content (AvgIpc) is 2.43. The Kier molecular flexibility index (Phi) is 9.96. The van der Waals surface area contributed by atoms with Crippen molar-refractivity contribution >= 4 is 12.3 Å². The molecule has 0 aliphatic heterocycles. The Morgan fingerprint density at radius 2 is 0.842 bits per heavy atom. The van der Waals surface area contributed by atoms with Gasteiger partial charge in [-0.05, 0) is 17.5 Å². The van der Waals surface area contributed by atoms with Crippen LogP contribution in [0.4, 0.5) is 0 Å². The van der Waals surface area contributed by atoms with Gasteiger partial charge in [-0.1, -0.05) is 60.7 Å². The van der Waals surface area contributed by atoms with E-state index in [2.05, 4.69) is 60.7 Å². The van der Waals surface area contributed by atoms with E-state index >= 15 is 0 Å². The van der Waals surface area contributed by atoms with Crippen LogP contribution in [0.5, 0.6) is 0 Å². The summed E-state index contributed by atoms with van der Waals surface area (Å²) in [5, 5.41) is 0. The Morgan fingerprint density at radius 3 is 1.11 bits per heavy atom. The first kappa shape index (κ1) is 16.2. The maximum absolute atomic E-state index is 8.12. The Hall–Kier alpha value is -2.80. The van der Waals surface area contributed by atoms with E-state index in [-0.39, 0.29) is 12.3 Å². The van der Waals surface area contributed by atoms with Gasteiger partial charge in [0.1, 0.15) is 0 Å². The predicted octanol–water partition coefficient (Wildman–Crippen LogP) is 2.11. The van der Waals surface area contributed by atoms with Gasteiger partial charge in [0.05, 0.1) is 0 Å². The number of hydrogen-bond donors (Lipinski definition) is 0. The van der Waals surface area contributed by atoms with E-state index in [1.807, 2.05) is 0 Å².